The molecule has 3 atom stereocenters. The lowest BCUT2D eigenvalue weighted by Crippen LogP contribution is -2.55. The molecule has 5 nitrogen and oxygen atoms in total. The van der Waals surface area contributed by atoms with Crippen molar-refractivity contribution in [2.45, 2.75) is 109 Å². The number of rotatable bonds is 12. The zero-order valence-corrected chi connectivity index (χ0v) is 34.2. The normalized spacial score (nSPS) is 17.6. The molecule has 0 aliphatic carbocycles. The Kier molecular flexibility index (Phi) is 11.2. The minimum absolute atomic E-state index is 0.00468. The fraction of sp³-hybridized carbons (Fsp3) is 0.419. The summed E-state index contributed by atoms with van der Waals surface area (Å²) in [5.74, 6) is 0.506. The van der Waals surface area contributed by atoms with Gasteiger partial charge in [0.05, 0.1) is 18.1 Å². The lowest BCUT2D eigenvalue weighted by atomic mass is 9.78. The van der Waals surface area contributed by atoms with E-state index >= 15 is 0 Å². The number of benzene rings is 4. The van der Waals surface area contributed by atoms with Gasteiger partial charge in [-0.1, -0.05) is 102 Å². The van der Waals surface area contributed by atoms with E-state index in [-0.39, 0.29) is 39.9 Å². The second-order valence-electron chi connectivity index (χ2n) is 17.1. The number of carbonyl (C=O) groups is 1. The molecule has 4 aromatic carbocycles. The second kappa shape index (κ2) is 14.8. The molecule has 4 aromatic rings. The first-order chi connectivity index (χ1) is 23.8. The Morgan fingerprint density at radius 2 is 1.39 bits per heavy atom. The largest absolute Gasteiger partial charge is 0.543 e. The first-order valence-electron chi connectivity index (χ1n) is 18.3. The first kappa shape index (κ1) is 38.7. The molecular formula is C43H57FN2O3Si2. The van der Waals surface area contributed by atoms with Crippen molar-refractivity contribution in [3.63, 3.8) is 0 Å². The highest BCUT2D eigenvalue weighted by Gasteiger charge is 2.49. The lowest BCUT2D eigenvalue weighted by molar-refractivity contribution is -0.131. The summed E-state index contributed by atoms with van der Waals surface area (Å²) in [5, 5.41) is 0.110. The van der Waals surface area contributed by atoms with Crippen LogP contribution < -0.4 is 15.1 Å². The van der Waals surface area contributed by atoms with Crippen molar-refractivity contribution in [1.82, 2.24) is 0 Å². The van der Waals surface area contributed by atoms with Crippen molar-refractivity contribution in [2.75, 3.05) is 4.90 Å². The Morgan fingerprint density at radius 3 is 1.96 bits per heavy atom. The van der Waals surface area contributed by atoms with Gasteiger partial charge in [0.15, 0.2) is 8.32 Å². The number of β-lactam (4-membered cyclic amide) rings is 1. The molecule has 0 unspecified atom stereocenters. The van der Waals surface area contributed by atoms with Crippen LogP contribution in [0.3, 0.4) is 0 Å². The quantitative estimate of drug-likeness (QED) is 0.117. The highest BCUT2D eigenvalue weighted by Crippen LogP contribution is 2.48. The van der Waals surface area contributed by atoms with Gasteiger partial charge in [0.2, 0.25) is 14.2 Å². The maximum Gasteiger partial charge on any atom is 0.250 e. The Hall–Kier alpha value is -3.57. The van der Waals surface area contributed by atoms with Crippen LogP contribution in [0.1, 0.15) is 83.2 Å². The van der Waals surface area contributed by atoms with E-state index < -0.39 is 16.6 Å². The minimum atomic E-state index is -2.17. The van der Waals surface area contributed by atoms with E-state index in [0.29, 0.717) is 19.4 Å². The van der Waals surface area contributed by atoms with E-state index in [1.165, 1.54) is 12.1 Å². The van der Waals surface area contributed by atoms with Crippen molar-refractivity contribution < 1.29 is 18.0 Å². The van der Waals surface area contributed by atoms with Crippen LogP contribution in [0.2, 0.25) is 36.3 Å². The maximum absolute atomic E-state index is 14.1. The van der Waals surface area contributed by atoms with Crippen LogP contribution in [0.5, 0.6) is 5.75 Å². The Labute approximate surface area is 307 Å². The zero-order chi connectivity index (χ0) is 37.4. The van der Waals surface area contributed by atoms with Crippen molar-refractivity contribution in [3.05, 3.63) is 120 Å². The molecule has 0 aromatic heterocycles. The monoisotopic (exact) mass is 724 g/mol. The number of hydrogen-bond donors (Lipinski definition) is 1. The molecule has 1 saturated heterocycles. The average Bonchev–Trinajstić information content (AvgIpc) is 3.06. The van der Waals surface area contributed by atoms with Crippen LogP contribution in [0.4, 0.5) is 10.1 Å². The van der Waals surface area contributed by atoms with Crippen LogP contribution in [-0.4, -0.2) is 22.5 Å². The molecule has 1 aliphatic rings. The second-order valence-corrected chi connectivity index (χ2v) is 26.6. The first-order valence-corrected chi connectivity index (χ1v) is 24.1. The number of halogens is 1. The van der Waals surface area contributed by atoms with Crippen LogP contribution in [0, 0.1) is 11.7 Å². The molecule has 1 aliphatic heterocycles. The van der Waals surface area contributed by atoms with Gasteiger partial charge < -0.3 is 19.5 Å². The summed E-state index contributed by atoms with van der Waals surface area (Å²) < 4.78 is 27.5. The average molecular weight is 725 g/mol. The number of anilines is 1. The Bertz CT molecular complexity index is 1790. The predicted molar refractivity (Wildman–Crippen MR) is 214 cm³/mol. The van der Waals surface area contributed by atoms with E-state index in [0.717, 1.165) is 39.3 Å². The smallest absolute Gasteiger partial charge is 0.250 e. The molecule has 0 saturated carbocycles. The topological polar surface area (TPSA) is 64.8 Å². The summed E-state index contributed by atoms with van der Waals surface area (Å²) in [6.45, 7) is 22.9. The minimum Gasteiger partial charge on any atom is -0.543 e. The van der Waals surface area contributed by atoms with Gasteiger partial charge >= 0.3 is 0 Å². The van der Waals surface area contributed by atoms with Crippen LogP contribution >= 0.6 is 0 Å². The third kappa shape index (κ3) is 8.57. The van der Waals surface area contributed by atoms with Gasteiger partial charge in [-0.2, -0.15) is 0 Å². The van der Waals surface area contributed by atoms with Crippen LogP contribution in [0.15, 0.2) is 97.1 Å². The molecule has 51 heavy (non-hydrogen) atoms. The molecule has 2 N–H and O–H groups in total. The van der Waals surface area contributed by atoms with E-state index in [2.05, 4.69) is 110 Å². The summed E-state index contributed by atoms with van der Waals surface area (Å²) in [4.78, 5) is 16.0. The Balaban J connectivity index is 1.44. The van der Waals surface area contributed by atoms with E-state index in [1.807, 2.05) is 47.4 Å². The number of nitrogens with two attached hydrogens (primary N) is 1. The van der Waals surface area contributed by atoms with Crippen molar-refractivity contribution in [1.29, 1.82) is 0 Å². The maximum atomic E-state index is 14.1. The fourth-order valence-electron chi connectivity index (χ4n) is 6.19. The van der Waals surface area contributed by atoms with E-state index in [9.17, 15) is 9.18 Å². The van der Waals surface area contributed by atoms with Crippen molar-refractivity contribution in [3.8, 4) is 16.9 Å². The highest BCUT2D eigenvalue weighted by atomic mass is 28.4. The number of hydrogen-bond acceptors (Lipinski definition) is 4. The molecule has 0 spiro atoms. The van der Waals surface area contributed by atoms with Gasteiger partial charge in [-0.3, -0.25) is 4.79 Å². The standard InChI is InChI=1S/C43H57FN2O3Si2/c1-42(2,3)50(7,8)48-37-13-11-12-34(28-37)31-16-18-33(19-17-31)40-38(41(47)46(40)36-24-14-30(29-45)15-25-36)26-27-39(32-20-22-35(44)23-21-32)49-51(9,10)43(4,5)6/h11-25,28,38-40H,26-27,29,45H2,1-10H3/t38-,39+,40-/m1/s1. The molecule has 8 heteroatoms. The van der Waals surface area contributed by atoms with E-state index in [1.54, 1.807) is 0 Å². The molecule has 0 bridgehead atoms. The summed E-state index contributed by atoms with van der Waals surface area (Å²) in [6.07, 6.45) is 1.07. The molecule has 1 heterocycles. The Morgan fingerprint density at radius 1 is 0.784 bits per heavy atom. The summed E-state index contributed by atoms with van der Waals surface area (Å²) in [7, 11) is -4.16. The third-order valence-electron chi connectivity index (χ3n) is 11.5. The molecule has 1 amide bonds. The molecule has 1 fully saturated rings. The van der Waals surface area contributed by atoms with E-state index in [4.69, 9.17) is 14.6 Å². The zero-order valence-electron chi connectivity index (χ0n) is 32.2. The van der Waals surface area contributed by atoms with Crippen molar-refractivity contribution >= 4 is 28.2 Å². The summed E-state index contributed by atoms with van der Waals surface area (Å²) >= 11 is 0. The van der Waals surface area contributed by atoms with Gasteiger partial charge in [0.25, 0.3) is 0 Å². The van der Waals surface area contributed by atoms with Crippen molar-refractivity contribution in [2.24, 2.45) is 11.7 Å². The lowest BCUT2D eigenvalue weighted by Gasteiger charge is -2.48. The highest BCUT2D eigenvalue weighted by molar-refractivity contribution is 6.75. The summed E-state index contributed by atoms with van der Waals surface area (Å²) in [6, 6.07) is 31.5. The number of carbonyl (C=O) groups excluding carboxylic acids is 1. The van der Waals surface area contributed by atoms with Gasteiger partial charge in [0, 0.05) is 12.2 Å². The molecule has 0 radical (unpaired) electrons. The molecule has 5 rings (SSSR count). The SMILES string of the molecule is CC(C)(C)[Si](C)(C)Oc1cccc(-c2ccc([C@@H]3[C@@H](CC[C@H](O[Si](C)(C)C(C)(C)C)c4ccc(F)cc4)C(=O)N3c3ccc(CN)cc3)cc2)c1. The molecule has 272 valence electrons. The predicted octanol–water partition coefficient (Wildman–Crippen LogP) is 11.6. The summed E-state index contributed by atoms with van der Waals surface area (Å²) in [5.41, 5.74) is 12.0. The van der Waals surface area contributed by atoms with Crippen LogP contribution in [-0.2, 0) is 15.8 Å². The van der Waals surface area contributed by atoms with Gasteiger partial charge in [-0.15, -0.1) is 0 Å². The number of amides is 1. The van der Waals surface area contributed by atoms with Gasteiger partial charge in [-0.25, -0.2) is 4.39 Å². The van der Waals surface area contributed by atoms with Crippen LogP contribution in [0.25, 0.3) is 11.1 Å². The van der Waals surface area contributed by atoms with Gasteiger partial charge in [-0.05, 0) is 113 Å². The molecular weight excluding hydrogens is 668 g/mol. The van der Waals surface area contributed by atoms with Gasteiger partial charge in [0.1, 0.15) is 11.6 Å². The number of nitrogens with zero attached hydrogens (tertiary/aromatic N) is 1. The fourth-order valence-corrected chi connectivity index (χ4v) is 8.53. The third-order valence-corrected chi connectivity index (χ3v) is 20.3.